The molecule has 0 bridgehead atoms. The molecular formula is C19H18BrNO4. The number of hydrogen-bond acceptors (Lipinski definition) is 3. The quantitative estimate of drug-likeness (QED) is 0.840. The van der Waals surface area contributed by atoms with E-state index in [-0.39, 0.29) is 19.1 Å². The van der Waals surface area contributed by atoms with E-state index in [4.69, 9.17) is 4.74 Å². The van der Waals surface area contributed by atoms with E-state index in [0.717, 1.165) is 15.6 Å². The predicted octanol–water partition coefficient (Wildman–Crippen LogP) is 3.89. The van der Waals surface area contributed by atoms with E-state index in [1.54, 1.807) is 0 Å². The molecule has 2 aromatic rings. The van der Waals surface area contributed by atoms with E-state index < -0.39 is 18.0 Å². The summed E-state index contributed by atoms with van der Waals surface area (Å²) in [6.07, 6.45) is -0.482. The molecule has 0 spiro atoms. The van der Waals surface area contributed by atoms with Crippen LogP contribution in [0.1, 0.15) is 17.0 Å². The second-order valence-electron chi connectivity index (χ2n) is 6.02. The molecule has 5 nitrogen and oxygen atoms in total. The minimum Gasteiger partial charge on any atom is -0.481 e. The zero-order valence-electron chi connectivity index (χ0n) is 13.5. The standard InChI is InChI=1S/C19H18BrNO4/c20-17-9-5-4-8-14(17)15-10-21(11-16(15)18(22)23)19(24)25-12-13-6-2-1-3-7-13/h1-9,15-16H,10-12H2,(H,22,23)/t15-,16+/m0/s1. The van der Waals surface area contributed by atoms with E-state index in [0.29, 0.717) is 6.54 Å². The third kappa shape index (κ3) is 4.02. The SMILES string of the molecule is O=C(O)[C@@H]1CN(C(=O)OCc2ccccc2)C[C@H]1c1ccccc1Br. The number of amides is 1. The van der Waals surface area contributed by atoms with E-state index >= 15 is 0 Å². The summed E-state index contributed by atoms with van der Waals surface area (Å²) >= 11 is 3.47. The maximum absolute atomic E-state index is 12.3. The first-order chi connectivity index (χ1) is 12.1. The number of carbonyl (C=O) groups is 2. The van der Waals surface area contributed by atoms with Crippen LogP contribution in [-0.2, 0) is 16.1 Å². The monoisotopic (exact) mass is 403 g/mol. The molecule has 0 saturated carbocycles. The number of carboxylic acids is 1. The molecule has 1 aliphatic heterocycles. The van der Waals surface area contributed by atoms with Gasteiger partial charge in [-0.05, 0) is 17.2 Å². The summed E-state index contributed by atoms with van der Waals surface area (Å²) in [5.41, 5.74) is 1.79. The molecule has 1 fully saturated rings. The molecule has 2 atom stereocenters. The number of benzene rings is 2. The third-order valence-corrected chi connectivity index (χ3v) is 5.13. The summed E-state index contributed by atoms with van der Waals surface area (Å²) in [6, 6.07) is 16.9. The van der Waals surface area contributed by atoms with Crippen molar-refractivity contribution >= 4 is 28.0 Å². The second kappa shape index (κ2) is 7.70. The van der Waals surface area contributed by atoms with Gasteiger partial charge in [-0.3, -0.25) is 4.79 Å². The topological polar surface area (TPSA) is 66.8 Å². The maximum Gasteiger partial charge on any atom is 0.410 e. The first kappa shape index (κ1) is 17.5. The van der Waals surface area contributed by atoms with Crippen molar-refractivity contribution in [1.82, 2.24) is 4.90 Å². The summed E-state index contributed by atoms with van der Waals surface area (Å²) in [6.45, 7) is 0.649. The Morgan fingerprint density at radius 3 is 2.44 bits per heavy atom. The first-order valence-electron chi connectivity index (χ1n) is 7.99. The van der Waals surface area contributed by atoms with Gasteiger partial charge in [-0.2, -0.15) is 0 Å². The molecule has 1 amide bonds. The predicted molar refractivity (Wildman–Crippen MR) is 96.2 cm³/mol. The highest BCUT2D eigenvalue weighted by molar-refractivity contribution is 9.10. The molecule has 1 heterocycles. The Morgan fingerprint density at radius 1 is 1.08 bits per heavy atom. The second-order valence-corrected chi connectivity index (χ2v) is 6.87. The smallest absolute Gasteiger partial charge is 0.410 e. The molecule has 1 saturated heterocycles. The fourth-order valence-electron chi connectivity index (χ4n) is 3.10. The van der Waals surface area contributed by atoms with Crippen LogP contribution in [0.5, 0.6) is 0 Å². The van der Waals surface area contributed by atoms with Gasteiger partial charge >= 0.3 is 12.1 Å². The molecule has 3 rings (SSSR count). The summed E-state index contributed by atoms with van der Waals surface area (Å²) in [5.74, 6) is -1.82. The minimum absolute atomic E-state index is 0.148. The molecule has 1 N–H and O–H groups in total. The Morgan fingerprint density at radius 2 is 1.76 bits per heavy atom. The molecule has 0 aliphatic carbocycles. The van der Waals surface area contributed by atoms with Gasteiger partial charge in [0.25, 0.3) is 0 Å². The Balaban J connectivity index is 1.70. The van der Waals surface area contributed by atoms with Crippen LogP contribution in [0.25, 0.3) is 0 Å². The Kier molecular flexibility index (Phi) is 5.38. The van der Waals surface area contributed by atoms with Gasteiger partial charge in [0.05, 0.1) is 5.92 Å². The van der Waals surface area contributed by atoms with Crippen molar-refractivity contribution in [2.24, 2.45) is 5.92 Å². The van der Waals surface area contributed by atoms with Crippen molar-refractivity contribution in [2.45, 2.75) is 12.5 Å². The van der Waals surface area contributed by atoms with Gasteiger partial charge < -0.3 is 14.7 Å². The Labute approximate surface area is 154 Å². The van der Waals surface area contributed by atoms with Crippen LogP contribution in [0.4, 0.5) is 4.79 Å². The number of carbonyl (C=O) groups excluding carboxylic acids is 1. The first-order valence-corrected chi connectivity index (χ1v) is 8.78. The number of carboxylic acid groups (broad SMARTS) is 1. The van der Waals surface area contributed by atoms with Crippen LogP contribution >= 0.6 is 15.9 Å². The molecule has 0 aromatic heterocycles. The van der Waals surface area contributed by atoms with Crippen LogP contribution in [0, 0.1) is 5.92 Å². The summed E-state index contributed by atoms with van der Waals surface area (Å²) < 4.78 is 6.19. The van der Waals surface area contributed by atoms with Crippen LogP contribution in [0.3, 0.4) is 0 Å². The normalized spacial score (nSPS) is 19.6. The van der Waals surface area contributed by atoms with Crippen molar-refractivity contribution in [3.05, 3.63) is 70.2 Å². The zero-order valence-corrected chi connectivity index (χ0v) is 15.1. The van der Waals surface area contributed by atoms with Crippen LogP contribution < -0.4 is 0 Å². The lowest BCUT2D eigenvalue weighted by Gasteiger charge is -2.17. The number of rotatable bonds is 4. The van der Waals surface area contributed by atoms with Gasteiger partial charge in [0.2, 0.25) is 0 Å². The number of nitrogens with zero attached hydrogens (tertiary/aromatic N) is 1. The highest BCUT2D eigenvalue weighted by Gasteiger charge is 2.41. The van der Waals surface area contributed by atoms with Crippen molar-refractivity contribution in [1.29, 1.82) is 0 Å². The van der Waals surface area contributed by atoms with Crippen molar-refractivity contribution in [3.63, 3.8) is 0 Å². The van der Waals surface area contributed by atoms with Gasteiger partial charge in [-0.1, -0.05) is 64.5 Å². The number of aliphatic carboxylic acids is 1. The van der Waals surface area contributed by atoms with Gasteiger partial charge in [0.15, 0.2) is 0 Å². The molecule has 0 radical (unpaired) electrons. The van der Waals surface area contributed by atoms with Gasteiger partial charge in [0.1, 0.15) is 6.61 Å². The van der Waals surface area contributed by atoms with E-state index in [1.165, 1.54) is 4.90 Å². The van der Waals surface area contributed by atoms with Gasteiger partial charge in [-0.25, -0.2) is 4.79 Å². The van der Waals surface area contributed by atoms with Crippen molar-refractivity contribution in [2.75, 3.05) is 13.1 Å². The number of hydrogen-bond donors (Lipinski definition) is 1. The van der Waals surface area contributed by atoms with E-state index in [2.05, 4.69) is 15.9 Å². The van der Waals surface area contributed by atoms with Crippen molar-refractivity contribution in [3.8, 4) is 0 Å². The Bertz CT molecular complexity index is 765. The minimum atomic E-state index is -0.904. The molecular weight excluding hydrogens is 386 g/mol. The van der Waals surface area contributed by atoms with E-state index in [9.17, 15) is 14.7 Å². The largest absolute Gasteiger partial charge is 0.481 e. The van der Waals surface area contributed by atoms with E-state index in [1.807, 2.05) is 54.6 Å². The summed E-state index contributed by atoms with van der Waals surface area (Å²) in [4.78, 5) is 25.5. The summed E-state index contributed by atoms with van der Waals surface area (Å²) in [5, 5.41) is 9.55. The maximum atomic E-state index is 12.3. The van der Waals surface area contributed by atoms with Crippen LogP contribution in [0.2, 0.25) is 0 Å². The van der Waals surface area contributed by atoms with Gasteiger partial charge in [0, 0.05) is 23.5 Å². The fourth-order valence-corrected chi connectivity index (χ4v) is 3.68. The summed E-state index contributed by atoms with van der Waals surface area (Å²) in [7, 11) is 0. The average Bonchev–Trinajstić information content (AvgIpc) is 3.06. The third-order valence-electron chi connectivity index (χ3n) is 4.41. The van der Waals surface area contributed by atoms with Crippen LogP contribution in [0.15, 0.2) is 59.1 Å². The van der Waals surface area contributed by atoms with Crippen molar-refractivity contribution < 1.29 is 19.4 Å². The zero-order chi connectivity index (χ0) is 17.8. The van der Waals surface area contributed by atoms with Crippen LogP contribution in [-0.4, -0.2) is 35.2 Å². The lowest BCUT2D eigenvalue weighted by molar-refractivity contribution is -0.141. The number of likely N-dealkylation sites (tertiary alicyclic amines) is 1. The fraction of sp³-hybridized carbons (Fsp3) is 0.263. The number of ether oxygens (including phenoxy) is 1. The molecule has 0 unspecified atom stereocenters. The average molecular weight is 404 g/mol. The molecule has 2 aromatic carbocycles. The Hall–Kier alpha value is -2.34. The highest BCUT2D eigenvalue weighted by atomic mass is 79.9. The van der Waals surface area contributed by atoms with Gasteiger partial charge in [-0.15, -0.1) is 0 Å². The molecule has 6 heteroatoms. The molecule has 130 valence electrons. The highest BCUT2D eigenvalue weighted by Crippen LogP contribution is 2.36. The molecule has 1 aliphatic rings. The number of halogens is 1. The lowest BCUT2D eigenvalue weighted by Crippen LogP contribution is -2.30. The lowest BCUT2D eigenvalue weighted by atomic mass is 9.89. The molecule has 25 heavy (non-hydrogen) atoms.